The summed E-state index contributed by atoms with van der Waals surface area (Å²) in [6, 6.07) is 5.35. The van der Waals surface area contributed by atoms with Crippen molar-refractivity contribution in [2.24, 2.45) is 0 Å². The minimum atomic E-state index is -4.13. The molecule has 1 N–H and O–H groups in total. The average Bonchev–Trinajstić information content (AvgIpc) is 2.24. The lowest BCUT2D eigenvalue weighted by atomic mass is 10.00. The van der Waals surface area contributed by atoms with Crippen LogP contribution in [-0.2, 0) is 16.5 Å². The monoisotopic (exact) mass is 256 g/mol. The first-order valence-electron chi connectivity index (χ1n) is 5.96. The van der Waals surface area contributed by atoms with Crippen molar-refractivity contribution in [1.82, 2.24) is 0 Å². The van der Waals surface area contributed by atoms with E-state index in [9.17, 15) is 13.0 Å². The van der Waals surface area contributed by atoms with Gasteiger partial charge < -0.3 is 0 Å². The summed E-state index contributed by atoms with van der Waals surface area (Å²) < 4.78 is 31.9. The van der Waals surface area contributed by atoms with Crippen molar-refractivity contribution in [3.05, 3.63) is 29.3 Å². The molecule has 0 atom stereocenters. The van der Waals surface area contributed by atoms with E-state index in [1.54, 1.807) is 12.1 Å². The third-order valence-electron chi connectivity index (χ3n) is 2.80. The fourth-order valence-corrected chi connectivity index (χ4v) is 2.72. The van der Waals surface area contributed by atoms with Gasteiger partial charge in [-0.2, -0.15) is 8.42 Å². The molecule has 0 saturated carbocycles. The molecule has 0 aromatic heterocycles. The first-order chi connectivity index (χ1) is 7.86. The summed E-state index contributed by atoms with van der Waals surface area (Å²) in [5.41, 5.74) is 1.64. The number of benzene rings is 1. The Morgan fingerprint density at radius 3 is 2.41 bits per heavy atom. The zero-order chi connectivity index (χ0) is 13.1. The summed E-state index contributed by atoms with van der Waals surface area (Å²) in [4.78, 5) is 0.0566. The van der Waals surface area contributed by atoms with Crippen molar-refractivity contribution in [2.45, 2.75) is 50.8 Å². The summed E-state index contributed by atoms with van der Waals surface area (Å²) in [5, 5.41) is 0. The van der Waals surface area contributed by atoms with Gasteiger partial charge in [0.2, 0.25) is 0 Å². The molecule has 0 spiro atoms. The van der Waals surface area contributed by atoms with Crippen molar-refractivity contribution in [2.75, 3.05) is 0 Å². The Morgan fingerprint density at radius 2 is 1.94 bits per heavy atom. The second-order valence-electron chi connectivity index (χ2n) is 4.61. The first kappa shape index (κ1) is 14.2. The standard InChI is InChI=1S/C13H20O3S/c1-4-5-6-11-7-8-12(10(2)3)13(9-11)17(14,15)16/h7-10H,4-6H2,1-3H3,(H,14,15,16). The molecule has 0 saturated heterocycles. The van der Waals surface area contributed by atoms with E-state index in [1.807, 2.05) is 19.9 Å². The fourth-order valence-electron chi connectivity index (χ4n) is 1.82. The maximum atomic E-state index is 11.3. The summed E-state index contributed by atoms with van der Waals surface area (Å²) in [6.45, 7) is 5.91. The molecule has 1 aromatic carbocycles. The van der Waals surface area contributed by atoms with E-state index in [-0.39, 0.29) is 10.8 Å². The maximum absolute atomic E-state index is 11.3. The minimum Gasteiger partial charge on any atom is -0.282 e. The SMILES string of the molecule is CCCCc1ccc(C(C)C)c(S(=O)(=O)O)c1. The van der Waals surface area contributed by atoms with Crippen LogP contribution in [0.25, 0.3) is 0 Å². The summed E-state index contributed by atoms with van der Waals surface area (Å²) in [6.07, 6.45) is 2.93. The van der Waals surface area contributed by atoms with Gasteiger partial charge in [-0.05, 0) is 36.0 Å². The molecule has 1 rings (SSSR count). The second kappa shape index (κ2) is 5.65. The molecule has 0 amide bonds. The van der Waals surface area contributed by atoms with E-state index >= 15 is 0 Å². The van der Waals surface area contributed by atoms with Gasteiger partial charge in [-0.3, -0.25) is 4.55 Å². The van der Waals surface area contributed by atoms with Crippen LogP contribution in [0.15, 0.2) is 23.1 Å². The second-order valence-corrected chi connectivity index (χ2v) is 6.00. The normalized spacial score (nSPS) is 12.1. The lowest BCUT2D eigenvalue weighted by Crippen LogP contribution is -2.05. The average molecular weight is 256 g/mol. The van der Waals surface area contributed by atoms with Gasteiger partial charge in [0.1, 0.15) is 0 Å². The van der Waals surface area contributed by atoms with E-state index in [0.717, 1.165) is 24.8 Å². The lowest BCUT2D eigenvalue weighted by Gasteiger charge is -2.12. The minimum absolute atomic E-state index is 0.0566. The Morgan fingerprint density at radius 1 is 1.29 bits per heavy atom. The third-order valence-corrected chi connectivity index (χ3v) is 3.71. The molecule has 0 aliphatic rings. The topological polar surface area (TPSA) is 54.4 Å². The van der Waals surface area contributed by atoms with Crippen LogP contribution in [-0.4, -0.2) is 13.0 Å². The molecular formula is C13H20O3S. The van der Waals surface area contributed by atoms with E-state index in [1.165, 1.54) is 0 Å². The van der Waals surface area contributed by atoms with Crippen molar-refractivity contribution in [1.29, 1.82) is 0 Å². The highest BCUT2D eigenvalue weighted by Crippen LogP contribution is 2.25. The summed E-state index contributed by atoms with van der Waals surface area (Å²) in [5.74, 6) is 0.0761. The van der Waals surface area contributed by atoms with Crippen molar-refractivity contribution in [3.63, 3.8) is 0 Å². The number of aryl methyl sites for hydroxylation is 1. The Hall–Kier alpha value is -0.870. The Balaban J connectivity index is 3.20. The first-order valence-corrected chi connectivity index (χ1v) is 7.40. The molecule has 96 valence electrons. The predicted octanol–water partition coefficient (Wildman–Crippen LogP) is 3.40. The molecular weight excluding hydrogens is 236 g/mol. The van der Waals surface area contributed by atoms with Crippen LogP contribution in [0.4, 0.5) is 0 Å². The largest absolute Gasteiger partial charge is 0.294 e. The van der Waals surface area contributed by atoms with Crippen molar-refractivity contribution < 1.29 is 13.0 Å². The number of rotatable bonds is 5. The maximum Gasteiger partial charge on any atom is 0.294 e. The molecule has 0 aliphatic heterocycles. The molecule has 0 aliphatic carbocycles. The van der Waals surface area contributed by atoms with E-state index in [2.05, 4.69) is 6.92 Å². The van der Waals surface area contributed by atoms with Gasteiger partial charge in [0.15, 0.2) is 0 Å². The van der Waals surface area contributed by atoms with Crippen LogP contribution in [0.5, 0.6) is 0 Å². The molecule has 0 fully saturated rings. The quantitative estimate of drug-likeness (QED) is 0.821. The van der Waals surface area contributed by atoms with Gasteiger partial charge in [-0.25, -0.2) is 0 Å². The Kier molecular flexibility index (Phi) is 4.71. The fraction of sp³-hybridized carbons (Fsp3) is 0.538. The lowest BCUT2D eigenvalue weighted by molar-refractivity contribution is 0.481. The molecule has 0 radical (unpaired) electrons. The summed E-state index contributed by atoms with van der Waals surface area (Å²) in [7, 11) is -4.13. The third kappa shape index (κ3) is 3.82. The van der Waals surface area contributed by atoms with E-state index < -0.39 is 10.1 Å². The van der Waals surface area contributed by atoms with Crippen LogP contribution in [0, 0.1) is 0 Å². The number of hydrogen-bond donors (Lipinski definition) is 1. The van der Waals surface area contributed by atoms with E-state index in [4.69, 9.17) is 0 Å². The van der Waals surface area contributed by atoms with Gasteiger partial charge in [-0.15, -0.1) is 0 Å². The van der Waals surface area contributed by atoms with Gasteiger partial charge in [0, 0.05) is 0 Å². The molecule has 4 heteroatoms. The highest BCUT2D eigenvalue weighted by atomic mass is 32.2. The Bertz CT molecular complexity index is 475. The van der Waals surface area contributed by atoms with Crippen LogP contribution < -0.4 is 0 Å². The van der Waals surface area contributed by atoms with Crippen LogP contribution in [0.3, 0.4) is 0 Å². The zero-order valence-electron chi connectivity index (χ0n) is 10.6. The molecule has 3 nitrogen and oxygen atoms in total. The molecule has 0 unspecified atom stereocenters. The highest BCUT2D eigenvalue weighted by Gasteiger charge is 2.17. The van der Waals surface area contributed by atoms with Crippen LogP contribution in [0.2, 0.25) is 0 Å². The number of unbranched alkanes of at least 4 members (excludes halogenated alkanes) is 1. The van der Waals surface area contributed by atoms with Gasteiger partial charge in [0.25, 0.3) is 10.1 Å². The van der Waals surface area contributed by atoms with Crippen molar-refractivity contribution >= 4 is 10.1 Å². The molecule has 0 bridgehead atoms. The smallest absolute Gasteiger partial charge is 0.282 e. The van der Waals surface area contributed by atoms with Gasteiger partial charge in [-0.1, -0.05) is 39.3 Å². The van der Waals surface area contributed by atoms with Crippen molar-refractivity contribution in [3.8, 4) is 0 Å². The summed E-state index contributed by atoms with van der Waals surface area (Å²) >= 11 is 0. The highest BCUT2D eigenvalue weighted by molar-refractivity contribution is 7.85. The van der Waals surface area contributed by atoms with Gasteiger partial charge >= 0.3 is 0 Å². The molecule has 17 heavy (non-hydrogen) atoms. The van der Waals surface area contributed by atoms with Crippen LogP contribution >= 0.6 is 0 Å². The molecule has 0 heterocycles. The van der Waals surface area contributed by atoms with E-state index in [0.29, 0.717) is 5.56 Å². The molecule has 1 aromatic rings. The van der Waals surface area contributed by atoms with Crippen LogP contribution in [0.1, 0.15) is 50.7 Å². The van der Waals surface area contributed by atoms with Gasteiger partial charge in [0.05, 0.1) is 4.90 Å². The predicted molar refractivity (Wildman–Crippen MR) is 69.0 cm³/mol. The zero-order valence-corrected chi connectivity index (χ0v) is 11.4. The Labute approximate surface area is 104 Å². The number of hydrogen-bond acceptors (Lipinski definition) is 2.